The van der Waals surface area contributed by atoms with Crippen molar-refractivity contribution in [2.24, 2.45) is 0 Å². The second-order valence-corrected chi connectivity index (χ2v) is 4.11. The lowest BCUT2D eigenvalue weighted by molar-refractivity contribution is 0.0698. The van der Waals surface area contributed by atoms with Crippen LogP contribution < -0.4 is 11.1 Å². The average molecular weight is 257 g/mol. The van der Waals surface area contributed by atoms with Crippen LogP contribution in [0.25, 0.3) is 0 Å². The molecule has 0 radical (unpaired) electrons. The first kappa shape index (κ1) is 12.9. The van der Waals surface area contributed by atoms with Gasteiger partial charge in [-0.2, -0.15) is 0 Å². The van der Waals surface area contributed by atoms with Crippen molar-refractivity contribution < 1.29 is 9.90 Å². The van der Waals surface area contributed by atoms with Crippen LogP contribution in [0.3, 0.4) is 0 Å². The fourth-order valence-electron chi connectivity index (χ4n) is 1.77. The van der Waals surface area contributed by atoms with E-state index in [0.717, 1.165) is 5.69 Å². The highest BCUT2D eigenvalue weighted by atomic mass is 16.4. The molecule has 0 atom stereocenters. The van der Waals surface area contributed by atoms with Gasteiger partial charge in [0.05, 0.1) is 11.3 Å². The molecule has 19 heavy (non-hydrogen) atoms. The number of nitrogens with one attached hydrogen (secondary N) is 1. The predicted molar refractivity (Wildman–Crippen MR) is 74.2 cm³/mol. The molecule has 1 heterocycles. The number of benzene rings is 1. The predicted octanol–water partition coefficient (Wildman–Crippen LogP) is 2.02. The first-order valence-electron chi connectivity index (χ1n) is 5.93. The average Bonchev–Trinajstić information content (AvgIpc) is 2.39. The van der Waals surface area contributed by atoms with E-state index in [2.05, 4.69) is 10.3 Å². The highest BCUT2D eigenvalue weighted by Gasteiger charge is 2.09. The molecule has 0 unspecified atom stereocenters. The molecule has 0 saturated heterocycles. The molecule has 0 amide bonds. The standard InChI is InChI=1S/C14H15N3O2/c15-10-4-5-12(14(18)19)13(9-10)17-8-6-11-3-1-2-7-16-11/h1-5,7,9,17H,6,8,15H2,(H,18,19). The zero-order valence-corrected chi connectivity index (χ0v) is 10.3. The van der Waals surface area contributed by atoms with E-state index in [9.17, 15) is 4.79 Å². The molecule has 5 heteroatoms. The Morgan fingerprint density at radius 1 is 1.32 bits per heavy atom. The summed E-state index contributed by atoms with van der Waals surface area (Å²) in [7, 11) is 0. The summed E-state index contributed by atoms with van der Waals surface area (Å²) in [5.41, 5.74) is 7.90. The van der Waals surface area contributed by atoms with Crippen molar-refractivity contribution in [1.29, 1.82) is 0 Å². The number of aromatic carboxylic acids is 1. The molecule has 0 aliphatic rings. The fourth-order valence-corrected chi connectivity index (χ4v) is 1.77. The Hall–Kier alpha value is -2.56. The zero-order chi connectivity index (χ0) is 13.7. The van der Waals surface area contributed by atoms with Gasteiger partial charge in [0.2, 0.25) is 0 Å². The smallest absolute Gasteiger partial charge is 0.337 e. The van der Waals surface area contributed by atoms with Crippen LogP contribution in [0, 0.1) is 0 Å². The van der Waals surface area contributed by atoms with E-state index in [4.69, 9.17) is 10.8 Å². The lowest BCUT2D eigenvalue weighted by Crippen LogP contribution is -2.10. The van der Waals surface area contributed by atoms with E-state index in [1.54, 1.807) is 18.3 Å². The van der Waals surface area contributed by atoms with E-state index in [0.29, 0.717) is 24.3 Å². The molecule has 1 aromatic heterocycles. The second kappa shape index (κ2) is 5.86. The molecular weight excluding hydrogens is 242 g/mol. The SMILES string of the molecule is Nc1ccc(C(=O)O)c(NCCc2ccccn2)c1. The van der Waals surface area contributed by atoms with Gasteiger partial charge < -0.3 is 16.2 Å². The van der Waals surface area contributed by atoms with Gasteiger partial charge in [0.25, 0.3) is 0 Å². The Kier molecular flexibility index (Phi) is 3.97. The zero-order valence-electron chi connectivity index (χ0n) is 10.3. The van der Waals surface area contributed by atoms with E-state index in [1.807, 2.05) is 18.2 Å². The third kappa shape index (κ3) is 3.45. The summed E-state index contributed by atoms with van der Waals surface area (Å²) < 4.78 is 0. The van der Waals surface area contributed by atoms with Gasteiger partial charge in [-0.15, -0.1) is 0 Å². The number of nitrogens with zero attached hydrogens (tertiary/aromatic N) is 1. The summed E-state index contributed by atoms with van der Waals surface area (Å²) in [6, 6.07) is 10.4. The highest BCUT2D eigenvalue weighted by Crippen LogP contribution is 2.19. The van der Waals surface area contributed by atoms with Crippen LogP contribution in [-0.2, 0) is 6.42 Å². The van der Waals surface area contributed by atoms with E-state index in [-0.39, 0.29) is 5.56 Å². The van der Waals surface area contributed by atoms with E-state index in [1.165, 1.54) is 6.07 Å². The molecule has 0 aliphatic carbocycles. The fraction of sp³-hybridized carbons (Fsp3) is 0.143. The molecule has 0 saturated carbocycles. The molecule has 98 valence electrons. The lowest BCUT2D eigenvalue weighted by Gasteiger charge is -2.10. The number of aromatic nitrogens is 1. The molecular formula is C14H15N3O2. The summed E-state index contributed by atoms with van der Waals surface area (Å²) in [5.74, 6) is -0.972. The number of rotatable bonds is 5. The number of carboxylic acids is 1. The third-order valence-electron chi connectivity index (χ3n) is 2.70. The largest absolute Gasteiger partial charge is 0.478 e. The van der Waals surface area contributed by atoms with Gasteiger partial charge in [0.15, 0.2) is 0 Å². The molecule has 5 nitrogen and oxygen atoms in total. The van der Waals surface area contributed by atoms with E-state index >= 15 is 0 Å². The summed E-state index contributed by atoms with van der Waals surface area (Å²) in [6.45, 7) is 0.598. The summed E-state index contributed by atoms with van der Waals surface area (Å²) in [4.78, 5) is 15.3. The monoisotopic (exact) mass is 257 g/mol. The number of nitrogen functional groups attached to an aromatic ring is 1. The van der Waals surface area contributed by atoms with Crippen LogP contribution in [0.2, 0.25) is 0 Å². The van der Waals surface area contributed by atoms with Crippen LogP contribution in [-0.4, -0.2) is 22.6 Å². The summed E-state index contributed by atoms with van der Waals surface area (Å²) in [6.07, 6.45) is 2.45. The minimum absolute atomic E-state index is 0.218. The first-order chi connectivity index (χ1) is 9.16. The van der Waals surface area contributed by atoms with Gasteiger partial charge in [-0.05, 0) is 30.3 Å². The van der Waals surface area contributed by atoms with Crippen molar-refractivity contribution in [2.75, 3.05) is 17.6 Å². The summed E-state index contributed by atoms with van der Waals surface area (Å²) >= 11 is 0. The Bertz CT molecular complexity index is 570. The number of pyridine rings is 1. The van der Waals surface area contributed by atoms with Crippen molar-refractivity contribution in [3.8, 4) is 0 Å². The number of carboxylic acid groups (broad SMARTS) is 1. The molecule has 0 spiro atoms. The van der Waals surface area contributed by atoms with Gasteiger partial charge >= 0.3 is 5.97 Å². The van der Waals surface area contributed by atoms with Crippen molar-refractivity contribution >= 4 is 17.3 Å². The Labute approximate surface area is 111 Å². The molecule has 0 bridgehead atoms. The van der Waals surface area contributed by atoms with Crippen LogP contribution in [0.5, 0.6) is 0 Å². The Balaban J connectivity index is 2.03. The number of hydrogen-bond acceptors (Lipinski definition) is 4. The molecule has 0 aliphatic heterocycles. The number of anilines is 2. The molecule has 4 N–H and O–H groups in total. The van der Waals surface area contributed by atoms with Crippen molar-refractivity contribution in [3.63, 3.8) is 0 Å². The first-order valence-corrected chi connectivity index (χ1v) is 5.93. The lowest BCUT2D eigenvalue weighted by atomic mass is 10.1. The molecule has 1 aromatic carbocycles. The Morgan fingerprint density at radius 3 is 2.84 bits per heavy atom. The number of nitrogens with two attached hydrogens (primary N) is 1. The van der Waals surface area contributed by atoms with Gasteiger partial charge in [0.1, 0.15) is 0 Å². The normalized spacial score (nSPS) is 10.1. The number of carbonyl (C=O) groups is 1. The Morgan fingerprint density at radius 2 is 2.16 bits per heavy atom. The van der Waals surface area contributed by atoms with E-state index < -0.39 is 5.97 Å². The van der Waals surface area contributed by atoms with Crippen LogP contribution >= 0.6 is 0 Å². The second-order valence-electron chi connectivity index (χ2n) is 4.11. The van der Waals surface area contributed by atoms with Crippen molar-refractivity contribution in [2.45, 2.75) is 6.42 Å². The van der Waals surface area contributed by atoms with Crippen molar-refractivity contribution in [1.82, 2.24) is 4.98 Å². The quantitative estimate of drug-likeness (QED) is 0.713. The molecule has 2 aromatic rings. The van der Waals surface area contributed by atoms with Crippen molar-refractivity contribution in [3.05, 3.63) is 53.9 Å². The van der Waals surface area contributed by atoms with Gasteiger partial charge in [-0.1, -0.05) is 6.07 Å². The van der Waals surface area contributed by atoms with Crippen LogP contribution in [0.15, 0.2) is 42.6 Å². The molecule has 0 fully saturated rings. The highest BCUT2D eigenvalue weighted by molar-refractivity contribution is 5.95. The maximum absolute atomic E-state index is 11.1. The topological polar surface area (TPSA) is 88.2 Å². The molecule has 2 rings (SSSR count). The van der Waals surface area contributed by atoms with Crippen LogP contribution in [0.1, 0.15) is 16.1 Å². The maximum atomic E-state index is 11.1. The van der Waals surface area contributed by atoms with Gasteiger partial charge in [-0.25, -0.2) is 4.79 Å². The van der Waals surface area contributed by atoms with Gasteiger partial charge in [0, 0.05) is 30.5 Å². The van der Waals surface area contributed by atoms with Crippen LogP contribution in [0.4, 0.5) is 11.4 Å². The minimum Gasteiger partial charge on any atom is -0.478 e. The van der Waals surface area contributed by atoms with Gasteiger partial charge in [-0.3, -0.25) is 4.98 Å². The maximum Gasteiger partial charge on any atom is 0.337 e. The number of hydrogen-bond donors (Lipinski definition) is 3. The summed E-state index contributed by atoms with van der Waals surface area (Å²) in [5, 5.41) is 12.2. The minimum atomic E-state index is -0.972. The third-order valence-corrected chi connectivity index (χ3v) is 2.70.